The maximum absolute atomic E-state index is 13.2. The second-order valence-electron chi connectivity index (χ2n) is 7.78. The van der Waals surface area contributed by atoms with E-state index in [0.29, 0.717) is 5.92 Å². The summed E-state index contributed by atoms with van der Waals surface area (Å²) >= 11 is 0. The summed E-state index contributed by atoms with van der Waals surface area (Å²) in [5.74, 6) is 0.571. The monoisotopic (exact) mass is 346 g/mol. The topological polar surface area (TPSA) is 51.0 Å². The first-order chi connectivity index (χ1) is 12.7. The zero-order valence-corrected chi connectivity index (χ0v) is 14.9. The molecule has 2 fully saturated rings. The van der Waals surface area contributed by atoms with Gasteiger partial charge in [-0.1, -0.05) is 42.0 Å². The number of hydrogen-bond donors (Lipinski definition) is 0. The quantitative estimate of drug-likeness (QED) is 0.715. The Morgan fingerprint density at radius 3 is 2.69 bits per heavy atom. The van der Waals surface area contributed by atoms with Gasteiger partial charge >= 0.3 is 0 Å². The van der Waals surface area contributed by atoms with Crippen molar-refractivity contribution < 1.29 is 4.79 Å². The van der Waals surface area contributed by atoms with Gasteiger partial charge in [-0.15, -0.1) is 5.10 Å². The minimum atomic E-state index is 0.123. The van der Waals surface area contributed by atoms with Gasteiger partial charge in [-0.2, -0.15) is 0 Å². The molecule has 1 unspecified atom stereocenters. The summed E-state index contributed by atoms with van der Waals surface area (Å²) in [5.41, 5.74) is 4.09. The van der Waals surface area contributed by atoms with E-state index in [4.69, 9.17) is 0 Å². The lowest BCUT2D eigenvalue weighted by molar-refractivity contribution is 0.0725. The number of fused-ring (bicyclic) bond motifs is 1. The van der Waals surface area contributed by atoms with Crippen molar-refractivity contribution in [2.24, 2.45) is 12.5 Å². The van der Waals surface area contributed by atoms with E-state index in [9.17, 15) is 4.79 Å². The second-order valence-corrected chi connectivity index (χ2v) is 7.78. The van der Waals surface area contributed by atoms with E-state index in [1.54, 1.807) is 4.68 Å². The number of aryl methyl sites for hydroxylation is 1. The smallest absolute Gasteiger partial charge is 0.253 e. The zero-order valence-electron chi connectivity index (χ0n) is 14.9. The van der Waals surface area contributed by atoms with Gasteiger partial charge < -0.3 is 4.90 Å². The lowest BCUT2D eigenvalue weighted by Gasteiger charge is -2.43. The predicted octanol–water partition coefficient (Wildman–Crippen LogP) is 3.38. The highest BCUT2D eigenvalue weighted by atomic mass is 16.2. The van der Waals surface area contributed by atoms with Crippen molar-refractivity contribution in [3.8, 4) is 0 Å². The molecular weight excluding hydrogens is 324 g/mol. The van der Waals surface area contributed by atoms with Crippen molar-refractivity contribution in [2.45, 2.75) is 25.2 Å². The Balaban J connectivity index is 1.46. The fraction of sp³-hybridized carbons (Fsp3) is 0.381. The van der Waals surface area contributed by atoms with Crippen LogP contribution in [0.1, 0.15) is 41.1 Å². The lowest BCUT2D eigenvalue weighted by Crippen LogP contribution is -2.37. The molecule has 1 aliphatic heterocycles. The molecule has 1 aliphatic carbocycles. The Morgan fingerprint density at radius 1 is 1.15 bits per heavy atom. The van der Waals surface area contributed by atoms with Gasteiger partial charge in [-0.05, 0) is 42.0 Å². The molecule has 5 nitrogen and oxygen atoms in total. The first-order valence-electron chi connectivity index (χ1n) is 9.30. The highest BCUT2D eigenvalue weighted by molar-refractivity contribution is 5.97. The number of amides is 1. The summed E-state index contributed by atoms with van der Waals surface area (Å²) in [5, 5.41) is 8.13. The molecule has 1 aromatic heterocycles. The normalized spacial score (nSPS) is 21.3. The summed E-state index contributed by atoms with van der Waals surface area (Å²) < 4.78 is 1.72. The number of rotatable bonds is 2. The van der Waals surface area contributed by atoms with Crippen LogP contribution in [0.3, 0.4) is 0 Å². The Kier molecular flexibility index (Phi) is 3.39. The number of likely N-dealkylation sites (tertiary alicyclic amines) is 1. The summed E-state index contributed by atoms with van der Waals surface area (Å²) in [6, 6.07) is 16.4. The minimum absolute atomic E-state index is 0.123. The highest BCUT2D eigenvalue weighted by Crippen LogP contribution is 2.55. The van der Waals surface area contributed by atoms with Crippen LogP contribution in [0.2, 0.25) is 0 Å². The SMILES string of the molecule is Cn1nnc2ccc(C(=O)N3CC(c4ccccc4)C4(CCC4)C3)cc21. The molecule has 0 N–H and O–H groups in total. The van der Waals surface area contributed by atoms with E-state index in [2.05, 4.69) is 45.5 Å². The minimum Gasteiger partial charge on any atom is -0.337 e. The van der Waals surface area contributed by atoms with Crippen LogP contribution >= 0.6 is 0 Å². The van der Waals surface area contributed by atoms with Crippen LogP contribution in [0.4, 0.5) is 0 Å². The van der Waals surface area contributed by atoms with Gasteiger partial charge in [0.1, 0.15) is 5.52 Å². The third-order valence-electron chi connectivity index (χ3n) is 6.34. The van der Waals surface area contributed by atoms with E-state index in [1.807, 2.05) is 25.2 Å². The summed E-state index contributed by atoms with van der Waals surface area (Å²) in [4.78, 5) is 15.3. The van der Waals surface area contributed by atoms with E-state index in [1.165, 1.54) is 24.8 Å². The Morgan fingerprint density at radius 2 is 1.96 bits per heavy atom. The van der Waals surface area contributed by atoms with E-state index in [-0.39, 0.29) is 11.3 Å². The zero-order chi connectivity index (χ0) is 17.7. The molecule has 1 saturated heterocycles. The Hall–Kier alpha value is -2.69. The molecule has 0 bridgehead atoms. The molecule has 2 aliphatic rings. The van der Waals surface area contributed by atoms with Gasteiger partial charge in [0.25, 0.3) is 5.91 Å². The molecule has 5 rings (SSSR count). The Labute approximate surface area is 152 Å². The molecular formula is C21H22N4O. The molecule has 1 spiro atoms. The molecule has 5 heteroatoms. The average molecular weight is 346 g/mol. The molecule has 26 heavy (non-hydrogen) atoms. The van der Waals surface area contributed by atoms with Gasteiger partial charge in [0.15, 0.2) is 0 Å². The number of hydrogen-bond acceptors (Lipinski definition) is 3. The van der Waals surface area contributed by atoms with Crippen LogP contribution in [0.5, 0.6) is 0 Å². The van der Waals surface area contributed by atoms with Crippen LogP contribution in [-0.4, -0.2) is 38.9 Å². The first kappa shape index (κ1) is 15.6. The van der Waals surface area contributed by atoms with Crippen molar-refractivity contribution in [1.29, 1.82) is 0 Å². The molecule has 3 aromatic rings. The van der Waals surface area contributed by atoms with Gasteiger partial charge in [-0.25, -0.2) is 4.68 Å². The maximum atomic E-state index is 13.2. The van der Waals surface area contributed by atoms with Gasteiger partial charge in [-0.3, -0.25) is 4.79 Å². The number of aromatic nitrogens is 3. The summed E-state index contributed by atoms with van der Waals surface area (Å²) in [7, 11) is 1.86. The standard InChI is InChI=1S/C21H22N4O/c1-24-19-12-16(8-9-18(19)22-23-24)20(26)25-13-17(15-6-3-2-4-7-15)21(14-25)10-5-11-21/h2-4,6-9,12,17H,5,10-11,13-14H2,1H3. The fourth-order valence-electron chi connectivity index (χ4n) is 4.75. The van der Waals surface area contributed by atoms with Crippen molar-refractivity contribution in [3.63, 3.8) is 0 Å². The van der Waals surface area contributed by atoms with E-state index >= 15 is 0 Å². The molecule has 1 saturated carbocycles. The summed E-state index contributed by atoms with van der Waals surface area (Å²) in [6.07, 6.45) is 3.72. The van der Waals surface area contributed by atoms with E-state index in [0.717, 1.165) is 29.7 Å². The van der Waals surface area contributed by atoms with Crippen LogP contribution in [-0.2, 0) is 7.05 Å². The predicted molar refractivity (Wildman–Crippen MR) is 99.9 cm³/mol. The fourth-order valence-corrected chi connectivity index (χ4v) is 4.75. The van der Waals surface area contributed by atoms with Crippen LogP contribution in [0, 0.1) is 5.41 Å². The lowest BCUT2D eigenvalue weighted by atomic mass is 9.61. The number of benzene rings is 2. The van der Waals surface area contributed by atoms with Crippen LogP contribution in [0.25, 0.3) is 11.0 Å². The molecule has 1 atom stereocenters. The van der Waals surface area contributed by atoms with Crippen molar-refractivity contribution in [2.75, 3.05) is 13.1 Å². The maximum Gasteiger partial charge on any atom is 0.253 e. The van der Waals surface area contributed by atoms with Crippen LogP contribution in [0.15, 0.2) is 48.5 Å². The van der Waals surface area contributed by atoms with Gasteiger partial charge in [0.05, 0.1) is 5.52 Å². The van der Waals surface area contributed by atoms with Crippen molar-refractivity contribution in [3.05, 3.63) is 59.7 Å². The average Bonchev–Trinajstić information content (AvgIpc) is 3.23. The molecule has 132 valence electrons. The largest absolute Gasteiger partial charge is 0.337 e. The molecule has 2 heterocycles. The van der Waals surface area contributed by atoms with Crippen molar-refractivity contribution in [1.82, 2.24) is 19.9 Å². The number of nitrogens with zero attached hydrogens (tertiary/aromatic N) is 4. The molecule has 2 aromatic carbocycles. The molecule has 0 radical (unpaired) electrons. The third-order valence-corrected chi connectivity index (χ3v) is 6.34. The number of carbonyl (C=O) groups excluding carboxylic acids is 1. The van der Waals surface area contributed by atoms with Crippen LogP contribution < -0.4 is 0 Å². The first-order valence-corrected chi connectivity index (χ1v) is 9.30. The summed E-state index contributed by atoms with van der Waals surface area (Å²) in [6.45, 7) is 1.68. The van der Waals surface area contributed by atoms with E-state index < -0.39 is 0 Å². The second kappa shape index (κ2) is 5.66. The number of carbonyl (C=O) groups is 1. The van der Waals surface area contributed by atoms with Gasteiger partial charge in [0.2, 0.25) is 0 Å². The highest BCUT2D eigenvalue weighted by Gasteiger charge is 2.51. The van der Waals surface area contributed by atoms with Crippen molar-refractivity contribution >= 4 is 16.9 Å². The Bertz CT molecular complexity index is 974. The molecule has 1 amide bonds. The third kappa shape index (κ3) is 2.26. The van der Waals surface area contributed by atoms with Gasteiger partial charge in [0, 0.05) is 31.6 Å².